The van der Waals surface area contributed by atoms with E-state index < -0.39 is 0 Å². The van der Waals surface area contributed by atoms with E-state index in [1.54, 1.807) is 5.57 Å². The summed E-state index contributed by atoms with van der Waals surface area (Å²) in [5.41, 5.74) is 2.78. The molecule has 0 aliphatic heterocycles. The van der Waals surface area contributed by atoms with Crippen molar-refractivity contribution in [3.8, 4) is 0 Å². The van der Waals surface area contributed by atoms with E-state index in [0.29, 0.717) is 23.2 Å². The standard InChI is InChI=1S/C23H39BrO2/c1-5-6-9-19(17(3)15-25)22(26)13-16(2)20-10-11-21-18(14-24)8-7-12-23(20,21)4/h14,16,19-22,25-26H,3,5-13,15H2,1-2,4H3/t16-,19-,20-,21+,22-,23-/m1/s1. The van der Waals surface area contributed by atoms with Crippen LogP contribution in [0.4, 0.5) is 0 Å². The van der Waals surface area contributed by atoms with Crippen LogP contribution < -0.4 is 0 Å². The van der Waals surface area contributed by atoms with E-state index >= 15 is 0 Å². The van der Waals surface area contributed by atoms with Crippen molar-refractivity contribution < 1.29 is 10.2 Å². The number of unbranched alkanes of at least 4 members (excludes halogenated alkanes) is 1. The van der Waals surface area contributed by atoms with E-state index in [1.807, 2.05) is 0 Å². The van der Waals surface area contributed by atoms with Gasteiger partial charge in [0.25, 0.3) is 0 Å². The molecule has 0 spiro atoms. The number of fused-ring (bicyclic) bond motifs is 1. The maximum Gasteiger partial charge on any atom is 0.0642 e. The van der Waals surface area contributed by atoms with E-state index in [2.05, 4.69) is 48.3 Å². The molecular formula is C23H39BrO2. The first kappa shape index (κ1) is 22.2. The fourth-order valence-corrected chi connectivity index (χ4v) is 6.61. The second kappa shape index (κ2) is 9.89. The highest BCUT2D eigenvalue weighted by atomic mass is 79.9. The fraction of sp³-hybridized carbons (Fsp3) is 0.826. The third kappa shape index (κ3) is 4.64. The van der Waals surface area contributed by atoms with E-state index in [9.17, 15) is 10.2 Å². The van der Waals surface area contributed by atoms with Crippen LogP contribution in [0.2, 0.25) is 0 Å². The Balaban J connectivity index is 2.06. The number of aliphatic hydroxyl groups is 2. The van der Waals surface area contributed by atoms with Crippen LogP contribution in [0, 0.1) is 29.1 Å². The number of halogens is 1. The third-order valence-electron chi connectivity index (χ3n) is 7.54. The molecule has 2 aliphatic rings. The Morgan fingerprint density at radius 1 is 1.42 bits per heavy atom. The van der Waals surface area contributed by atoms with Gasteiger partial charge in [-0.3, -0.25) is 0 Å². The lowest BCUT2D eigenvalue weighted by Crippen LogP contribution is -2.37. The highest BCUT2D eigenvalue weighted by Crippen LogP contribution is 2.60. The molecule has 0 bridgehead atoms. The normalized spacial score (nSPS) is 33.7. The first-order chi connectivity index (χ1) is 12.4. The highest BCUT2D eigenvalue weighted by molar-refractivity contribution is 9.11. The maximum atomic E-state index is 11.0. The zero-order chi connectivity index (χ0) is 19.3. The van der Waals surface area contributed by atoms with Crippen molar-refractivity contribution in [1.82, 2.24) is 0 Å². The number of hydrogen-bond acceptors (Lipinski definition) is 2. The van der Waals surface area contributed by atoms with Crippen LogP contribution in [0.3, 0.4) is 0 Å². The Hall–Kier alpha value is -0.120. The molecule has 2 N–H and O–H groups in total. The Morgan fingerprint density at radius 3 is 2.77 bits per heavy atom. The van der Waals surface area contributed by atoms with Crippen molar-refractivity contribution in [3.63, 3.8) is 0 Å². The van der Waals surface area contributed by atoms with Crippen molar-refractivity contribution in [1.29, 1.82) is 0 Å². The van der Waals surface area contributed by atoms with Gasteiger partial charge in [0.05, 0.1) is 12.7 Å². The van der Waals surface area contributed by atoms with Crippen LogP contribution in [0.15, 0.2) is 22.7 Å². The molecule has 2 aliphatic carbocycles. The van der Waals surface area contributed by atoms with E-state index in [4.69, 9.17) is 0 Å². The summed E-state index contributed by atoms with van der Waals surface area (Å²) in [4.78, 5) is 2.18. The van der Waals surface area contributed by atoms with Gasteiger partial charge in [-0.2, -0.15) is 0 Å². The average Bonchev–Trinajstić information content (AvgIpc) is 2.98. The van der Waals surface area contributed by atoms with E-state index in [0.717, 1.165) is 31.3 Å². The number of hydrogen-bond donors (Lipinski definition) is 2. The number of rotatable bonds is 9. The van der Waals surface area contributed by atoms with Gasteiger partial charge in [0.15, 0.2) is 0 Å². The molecule has 0 heterocycles. The lowest BCUT2D eigenvalue weighted by molar-refractivity contribution is 0.0430. The molecule has 0 saturated heterocycles. The van der Waals surface area contributed by atoms with Gasteiger partial charge in [-0.15, -0.1) is 0 Å². The minimum atomic E-state index is -0.381. The molecule has 0 amide bonds. The van der Waals surface area contributed by atoms with Gasteiger partial charge in [-0.25, -0.2) is 0 Å². The highest BCUT2D eigenvalue weighted by Gasteiger charge is 2.50. The maximum absolute atomic E-state index is 11.0. The van der Waals surface area contributed by atoms with Crippen LogP contribution in [0.1, 0.15) is 78.6 Å². The van der Waals surface area contributed by atoms with Gasteiger partial charge in [-0.1, -0.05) is 61.7 Å². The lowest BCUT2D eigenvalue weighted by Gasteiger charge is -2.44. The molecule has 0 aromatic heterocycles. The van der Waals surface area contributed by atoms with Gasteiger partial charge in [-0.05, 0) is 78.7 Å². The number of aliphatic hydroxyl groups excluding tert-OH is 2. The lowest BCUT2D eigenvalue weighted by atomic mass is 9.61. The first-order valence-corrected chi connectivity index (χ1v) is 11.6. The second-order valence-corrected chi connectivity index (χ2v) is 9.58. The summed E-state index contributed by atoms with van der Waals surface area (Å²) in [6.07, 6.45) is 9.99. The topological polar surface area (TPSA) is 40.5 Å². The Bertz CT molecular complexity index is 500. The van der Waals surface area contributed by atoms with Crippen LogP contribution >= 0.6 is 15.9 Å². The first-order valence-electron chi connectivity index (χ1n) is 10.6. The Morgan fingerprint density at radius 2 is 2.15 bits per heavy atom. The van der Waals surface area contributed by atoms with Crippen molar-refractivity contribution in [2.24, 2.45) is 29.1 Å². The average molecular weight is 427 g/mol. The summed E-state index contributed by atoms with van der Waals surface area (Å²) in [7, 11) is 0. The molecule has 2 saturated carbocycles. The zero-order valence-corrected chi connectivity index (χ0v) is 18.6. The molecule has 2 nitrogen and oxygen atoms in total. The SMILES string of the molecule is C=C(CO)[C@@H](CCCC)[C@H](O)C[C@@H](C)[C@H]1CC[C@H]2C(=CBr)CCC[C@]12C. The molecule has 3 heteroatoms. The van der Waals surface area contributed by atoms with Crippen LogP contribution in [0.25, 0.3) is 0 Å². The third-order valence-corrected chi connectivity index (χ3v) is 8.13. The summed E-state index contributed by atoms with van der Waals surface area (Å²) >= 11 is 3.60. The molecule has 0 radical (unpaired) electrons. The summed E-state index contributed by atoms with van der Waals surface area (Å²) in [6, 6.07) is 0. The van der Waals surface area contributed by atoms with E-state index in [-0.39, 0.29) is 18.6 Å². The molecule has 2 fully saturated rings. The molecule has 0 aromatic carbocycles. The largest absolute Gasteiger partial charge is 0.392 e. The number of allylic oxidation sites excluding steroid dienone is 1. The van der Waals surface area contributed by atoms with Crippen molar-refractivity contribution in [2.45, 2.75) is 84.7 Å². The van der Waals surface area contributed by atoms with Crippen molar-refractivity contribution in [3.05, 3.63) is 22.7 Å². The van der Waals surface area contributed by atoms with Gasteiger partial charge in [0, 0.05) is 5.92 Å². The molecule has 0 aromatic rings. The Labute approximate surface area is 169 Å². The summed E-state index contributed by atoms with van der Waals surface area (Å²) < 4.78 is 0. The van der Waals surface area contributed by atoms with Gasteiger partial charge in [0.1, 0.15) is 0 Å². The van der Waals surface area contributed by atoms with Crippen LogP contribution in [-0.4, -0.2) is 22.9 Å². The minimum absolute atomic E-state index is 0.0115. The van der Waals surface area contributed by atoms with Gasteiger partial charge >= 0.3 is 0 Å². The van der Waals surface area contributed by atoms with Crippen LogP contribution in [0.5, 0.6) is 0 Å². The molecular weight excluding hydrogens is 388 g/mol. The molecule has 26 heavy (non-hydrogen) atoms. The van der Waals surface area contributed by atoms with Gasteiger partial charge in [0.2, 0.25) is 0 Å². The van der Waals surface area contributed by atoms with E-state index in [1.165, 1.54) is 32.1 Å². The predicted octanol–water partition coefficient (Wildman–Crippen LogP) is 6.22. The minimum Gasteiger partial charge on any atom is -0.392 e. The smallest absolute Gasteiger partial charge is 0.0642 e. The zero-order valence-electron chi connectivity index (χ0n) is 17.0. The molecule has 2 rings (SSSR count). The van der Waals surface area contributed by atoms with Crippen molar-refractivity contribution in [2.75, 3.05) is 6.61 Å². The van der Waals surface area contributed by atoms with Crippen LogP contribution in [-0.2, 0) is 0 Å². The molecule has 6 atom stereocenters. The summed E-state index contributed by atoms with van der Waals surface area (Å²) in [5, 5.41) is 20.5. The molecule has 0 unspecified atom stereocenters. The summed E-state index contributed by atoms with van der Waals surface area (Å²) in [5.74, 6) is 1.93. The summed E-state index contributed by atoms with van der Waals surface area (Å²) in [6.45, 7) is 11.0. The van der Waals surface area contributed by atoms with Crippen molar-refractivity contribution >= 4 is 15.9 Å². The fourth-order valence-electron chi connectivity index (χ4n) is 6.06. The predicted molar refractivity (Wildman–Crippen MR) is 114 cm³/mol. The van der Waals surface area contributed by atoms with Gasteiger partial charge < -0.3 is 10.2 Å². The molecule has 150 valence electrons. The quantitative estimate of drug-likeness (QED) is 0.429. The Kier molecular flexibility index (Phi) is 8.43. The monoisotopic (exact) mass is 426 g/mol. The second-order valence-electron chi connectivity index (χ2n) is 9.13.